The van der Waals surface area contributed by atoms with E-state index in [0.29, 0.717) is 6.54 Å². The van der Waals surface area contributed by atoms with Crippen LogP contribution < -0.4 is 5.32 Å². The molecule has 5 N–H and O–H groups in total. The third-order valence-corrected chi connectivity index (χ3v) is 5.48. The summed E-state index contributed by atoms with van der Waals surface area (Å²) in [5.74, 6) is -1.92. The van der Waals surface area contributed by atoms with E-state index in [9.17, 15) is 20.4 Å². The second kappa shape index (κ2) is 5.15. The highest BCUT2D eigenvalue weighted by Crippen LogP contribution is 2.59. The second-order valence-electron chi connectivity index (χ2n) is 6.98. The molecule has 1 heterocycles. The zero-order valence-corrected chi connectivity index (χ0v) is 13.4. The van der Waals surface area contributed by atoms with Gasteiger partial charge in [-0.15, -0.1) is 0 Å². The summed E-state index contributed by atoms with van der Waals surface area (Å²) in [4.78, 5) is 0. The molecule has 1 aliphatic carbocycles. The standard InChI is InChI=1S/C15H29NO5/c1-5-6-7-8-9-16-10-11-15(10,20)13(3,18)12(2,17)14(4,19)21-11/h10-11,16-20H,5-9H2,1-4H3/t10?,11?,12?,13?,14-,15-/m1/s1. The minimum absolute atomic E-state index is 0.491. The quantitative estimate of drug-likeness (QED) is 0.438. The Morgan fingerprint density at radius 1 is 0.952 bits per heavy atom. The van der Waals surface area contributed by atoms with E-state index in [1.54, 1.807) is 0 Å². The van der Waals surface area contributed by atoms with Gasteiger partial charge in [0.25, 0.3) is 0 Å². The first-order valence-corrected chi connectivity index (χ1v) is 7.84. The average molecular weight is 303 g/mol. The van der Waals surface area contributed by atoms with Crippen LogP contribution in [0.25, 0.3) is 0 Å². The highest BCUT2D eigenvalue weighted by Gasteiger charge is 2.84. The van der Waals surface area contributed by atoms with Gasteiger partial charge in [0.05, 0.1) is 6.04 Å². The van der Waals surface area contributed by atoms with Crippen LogP contribution in [0.5, 0.6) is 0 Å². The maximum absolute atomic E-state index is 10.7. The van der Waals surface area contributed by atoms with Crippen LogP contribution in [-0.4, -0.2) is 61.7 Å². The van der Waals surface area contributed by atoms with Crippen LogP contribution in [0.2, 0.25) is 0 Å². The fourth-order valence-electron chi connectivity index (χ4n) is 3.36. The van der Waals surface area contributed by atoms with Crippen molar-refractivity contribution in [2.45, 2.75) is 88.1 Å². The lowest BCUT2D eigenvalue weighted by molar-refractivity contribution is -0.380. The molecule has 1 saturated carbocycles. The van der Waals surface area contributed by atoms with E-state index < -0.39 is 34.7 Å². The number of fused-ring (bicyclic) bond motifs is 1. The van der Waals surface area contributed by atoms with Crippen LogP contribution in [0.3, 0.4) is 0 Å². The Balaban J connectivity index is 2.04. The van der Waals surface area contributed by atoms with Crippen LogP contribution >= 0.6 is 0 Å². The number of hydrogen-bond donors (Lipinski definition) is 5. The molecular formula is C15H29NO5. The van der Waals surface area contributed by atoms with Crippen molar-refractivity contribution < 1.29 is 25.2 Å². The van der Waals surface area contributed by atoms with E-state index in [1.807, 2.05) is 0 Å². The Kier molecular flexibility index (Phi) is 4.20. The summed E-state index contributed by atoms with van der Waals surface area (Å²) in [6.07, 6.45) is 3.67. The molecule has 2 fully saturated rings. The van der Waals surface area contributed by atoms with E-state index in [1.165, 1.54) is 20.8 Å². The Hall–Kier alpha value is -0.240. The monoisotopic (exact) mass is 303 g/mol. The largest absolute Gasteiger partial charge is 0.384 e. The smallest absolute Gasteiger partial charge is 0.195 e. The fourth-order valence-corrected chi connectivity index (χ4v) is 3.36. The van der Waals surface area contributed by atoms with Gasteiger partial charge in [0.2, 0.25) is 0 Å². The number of ether oxygens (including phenoxy) is 1. The first-order chi connectivity index (χ1) is 9.54. The lowest BCUT2D eigenvalue weighted by Gasteiger charge is -2.52. The van der Waals surface area contributed by atoms with Gasteiger partial charge in [-0.25, -0.2) is 0 Å². The van der Waals surface area contributed by atoms with Crippen LogP contribution in [0, 0.1) is 0 Å². The highest BCUT2D eigenvalue weighted by atomic mass is 16.7. The lowest BCUT2D eigenvalue weighted by Crippen LogP contribution is -2.74. The number of aliphatic hydroxyl groups is 4. The minimum Gasteiger partial charge on any atom is -0.384 e. The SMILES string of the molecule is CCCCCCNC1C2O[C@@](C)(O)C(C)(O)C(C)(O)[C@@]12O. The van der Waals surface area contributed by atoms with Crippen molar-refractivity contribution in [3.05, 3.63) is 0 Å². The highest BCUT2D eigenvalue weighted by molar-refractivity contribution is 5.35. The summed E-state index contributed by atoms with van der Waals surface area (Å²) in [7, 11) is 0. The minimum atomic E-state index is -1.98. The normalized spacial score (nSPS) is 52.6. The van der Waals surface area contributed by atoms with Gasteiger partial charge in [-0.1, -0.05) is 26.2 Å². The molecule has 1 saturated heterocycles. The van der Waals surface area contributed by atoms with Crippen molar-refractivity contribution >= 4 is 0 Å². The third-order valence-electron chi connectivity index (χ3n) is 5.48. The van der Waals surface area contributed by atoms with Crippen LogP contribution in [0.1, 0.15) is 53.4 Å². The molecule has 0 amide bonds. The fraction of sp³-hybridized carbons (Fsp3) is 1.00. The predicted molar refractivity (Wildman–Crippen MR) is 77.6 cm³/mol. The van der Waals surface area contributed by atoms with E-state index in [0.717, 1.165) is 25.7 Å². The first-order valence-electron chi connectivity index (χ1n) is 7.84. The summed E-state index contributed by atoms with van der Waals surface area (Å²) < 4.78 is 5.43. The summed E-state index contributed by atoms with van der Waals surface area (Å²) in [5, 5.41) is 45.2. The van der Waals surface area contributed by atoms with Gasteiger partial charge in [0, 0.05) is 0 Å². The maximum Gasteiger partial charge on any atom is 0.195 e. The topological polar surface area (TPSA) is 102 Å². The van der Waals surface area contributed by atoms with Crippen molar-refractivity contribution in [3.8, 4) is 0 Å². The zero-order valence-electron chi connectivity index (χ0n) is 13.4. The molecule has 21 heavy (non-hydrogen) atoms. The Labute approximate surface area is 126 Å². The molecule has 6 heteroatoms. The van der Waals surface area contributed by atoms with E-state index >= 15 is 0 Å². The molecule has 0 aromatic rings. The van der Waals surface area contributed by atoms with E-state index in [2.05, 4.69) is 12.2 Å². The number of hydrogen-bond acceptors (Lipinski definition) is 6. The van der Waals surface area contributed by atoms with Crippen molar-refractivity contribution in [1.29, 1.82) is 0 Å². The van der Waals surface area contributed by atoms with Gasteiger partial charge in [-0.2, -0.15) is 0 Å². The molecular weight excluding hydrogens is 274 g/mol. The molecule has 1 aliphatic heterocycles. The van der Waals surface area contributed by atoms with Crippen molar-refractivity contribution in [1.82, 2.24) is 5.32 Å². The zero-order chi connectivity index (χ0) is 16.1. The molecule has 0 aromatic carbocycles. The van der Waals surface area contributed by atoms with Gasteiger partial charge >= 0.3 is 0 Å². The molecule has 0 aromatic heterocycles. The molecule has 0 bridgehead atoms. The van der Waals surface area contributed by atoms with Gasteiger partial charge in [0.1, 0.15) is 22.9 Å². The Bertz CT molecular complexity index is 396. The summed E-state index contributed by atoms with van der Waals surface area (Å²) >= 11 is 0. The van der Waals surface area contributed by atoms with Gasteiger partial charge in [-0.05, 0) is 33.7 Å². The summed E-state index contributed by atoms with van der Waals surface area (Å²) in [6, 6.07) is -0.491. The Morgan fingerprint density at radius 3 is 2.14 bits per heavy atom. The predicted octanol–water partition coefficient (Wildman–Crippen LogP) is -0.121. The molecule has 2 rings (SSSR count). The Morgan fingerprint density at radius 2 is 1.57 bits per heavy atom. The number of rotatable bonds is 6. The van der Waals surface area contributed by atoms with Crippen molar-refractivity contribution in [2.24, 2.45) is 0 Å². The van der Waals surface area contributed by atoms with E-state index in [4.69, 9.17) is 4.74 Å². The summed E-state index contributed by atoms with van der Waals surface area (Å²) in [6.45, 7) is 6.76. The van der Waals surface area contributed by atoms with Gasteiger partial charge in [0.15, 0.2) is 5.79 Å². The molecule has 6 nitrogen and oxygen atoms in total. The molecule has 124 valence electrons. The van der Waals surface area contributed by atoms with Crippen molar-refractivity contribution in [2.75, 3.05) is 6.54 Å². The lowest BCUT2D eigenvalue weighted by atomic mass is 9.72. The van der Waals surface area contributed by atoms with Crippen LogP contribution in [-0.2, 0) is 4.74 Å². The van der Waals surface area contributed by atoms with Crippen LogP contribution in [0.4, 0.5) is 0 Å². The van der Waals surface area contributed by atoms with Gasteiger partial charge < -0.3 is 30.5 Å². The molecule has 4 unspecified atom stereocenters. The van der Waals surface area contributed by atoms with Gasteiger partial charge in [-0.3, -0.25) is 0 Å². The average Bonchev–Trinajstić information content (AvgIpc) is 2.93. The maximum atomic E-state index is 10.7. The molecule has 2 aliphatic rings. The van der Waals surface area contributed by atoms with Crippen molar-refractivity contribution in [3.63, 3.8) is 0 Å². The first kappa shape index (κ1) is 17.1. The van der Waals surface area contributed by atoms with E-state index in [-0.39, 0.29) is 0 Å². The molecule has 6 atom stereocenters. The molecule has 0 spiro atoms. The molecule has 0 radical (unpaired) electrons. The second-order valence-corrected chi connectivity index (χ2v) is 6.98. The number of unbranched alkanes of at least 4 members (excludes halogenated alkanes) is 3. The third kappa shape index (κ3) is 2.24. The van der Waals surface area contributed by atoms with Crippen LogP contribution in [0.15, 0.2) is 0 Å². The number of nitrogens with one attached hydrogen (secondary N) is 1. The summed E-state index contributed by atoms with van der Waals surface area (Å²) in [5.41, 5.74) is -5.46.